The zero-order valence-electron chi connectivity index (χ0n) is 14.6. The number of rotatable bonds is 4. The van der Waals surface area contributed by atoms with Crippen LogP contribution in [0.4, 0.5) is 0 Å². The monoisotopic (exact) mass is 351 g/mol. The molecular weight excluding hydrogens is 322 g/mol. The maximum Gasteiger partial charge on any atom is 0.236 e. The molecule has 1 aromatic rings. The van der Waals surface area contributed by atoms with Gasteiger partial charge >= 0.3 is 0 Å². The SMILES string of the molecule is CC1CCCCN1C(=O)CN1C[C@@H](CN)[C@H](c2ccccc2)C1.Cl. The number of benzene rings is 1. The number of amides is 1. The molecule has 2 aliphatic rings. The standard InChI is InChI=1S/C19H29N3O.ClH/c1-15-7-5-6-10-22(15)19(23)14-21-12-17(11-20)18(13-21)16-8-3-2-4-9-16;/h2-4,8-9,15,17-18H,5-7,10-14,20H2,1H3;1H/t15?,17-,18+;/m1./s1. The van der Waals surface area contributed by atoms with Crippen LogP contribution in [0.5, 0.6) is 0 Å². The first kappa shape index (κ1) is 19.2. The molecule has 134 valence electrons. The highest BCUT2D eigenvalue weighted by molar-refractivity contribution is 5.85. The van der Waals surface area contributed by atoms with E-state index >= 15 is 0 Å². The first-order valence-corrected chi connectivity index (χ1v) is 8.96. The summed E-state index contributed by atoms with van der Waals surface area (Å²) in [6.07, 6.45) is 3.54. The number of likely N-dealkylation sites (tertiary alicyclic amines) is 2. The number of carbonyl (C=O) groups excluding carboxylic acids is 1. The van der Waals surface area contributed by atoms with Gasteiger partial charge in [0.15, 0.2) is 0 Å². The fraction of sp³-hybridized carbons (Fsp3) is 0.632. The lowest BCUT2D eigenvalue weighted by Crippen LogP contribution is -2.46. The number of halogens is 1. The molecule has 0 aromatic heterocycles. The number of piperidine rings is 1. The van der Waals surface area contributed by atoms with E-state index in [0.717, 1.165) is 32.5 Å². The highest BCUT2D eigenvalue weighted by atomic mass is 35.5. The minimum Gasteiger partial charge on any atom is -0.339 e. The van der Waals surface area contributed by atoms with Crippen molar-refractivity contribution >= 4 is 18.3 Å². The lowest BCUT2D eigenvalue weighted by atomic mass is 9.89. The van der Waals surface area contributed by atoms with Crippen molar-refractivity contribution in [3.8, 4) is 0 Å². The van der Waals surface area contributed by atoms with Crippen molar-refractivity contribution in [3.05, 3.63) is 35.9 Å². The van der Waals surface area contributed by atoms with Gasteiger partial charge in [-0.2, -0.15) is 0 Å². The van der Waals surface area contributed by atoms with Gasteiger partial charge in [-0.05, 0) is 44.2 Å². The Morgan fingerprint density at radius 2 is 1.96 bits per heavy atom. The number of hydrogen-bond acceptors (Lipinski definition) is 3. The molecule has 0 saturated carbocycles. The zero-order valence-corrected chi connectivity index (χ0v) is 15.4. The van der Waals surface area contributed by atoms with Gasteiger partial charge in [0, 0.05) is 31.6 Å². The highest BCUT2D eigenvalue weighted by Gasteiger charge is 2.34. The average Bonchev–Trinajstić information content (AvgIpc) is 2.99. The molecule has 1 amide bonds. The van der Waals surface area contributed by atoms with E-state index in [-0.39, 0.29) is 12.4 Å². The van der Waals surface area contributed by atoms with E-state index in [1.165, 1.54) is 12.0 Å². The fourth-order valence-corrected chi connectivity index (χ4v) is 4.16. The third-order valence-corrected chi connectivity index (χ3v) is 5.53. The molecule has 0 spiro atoms. The Bertz CT molecular complexity index is 525. The highest BCUT2D eigenvalue weighted by Crippen LogP contribution is 2.32. The molecule has 3 rings (SSSR count). The van der Waals surface area contributed by atoms with Crippen molar-refractivity contribution in [1.29, 1.82) is 0 Å². The normalized spacial score (nSPS) is 27.8. The number of nitrogens with two attached hydrogens (primary N) is 1. The Morgan fingerprint density at radius 3 is 2.62 bits per heavy atom. The molecule has 2 fully saturated rings. The third-order valence-electron chi connectivity index (χ3n) is 5.53. The van der Waals surface area contributed by atoms with E-state index in [1.54, 1.807) is 0 Å². The van der Waals surface area contributed by atoms with Crippen LogP contribution in [0.1, 0.15) is 37.7 Å². The van der Waals surface area contributed by atoms with Gasteiger partial charge in [-0.1, -0.05) is 30.3 Å². The topological polar surface area (TPSA) is 49.6 Å². The van der Waals surface area contributed by atoms with Gasteiger partial charge in [-0.15, -0.1) is 12.4 Å². The van der Waals surface area contributed by atoms with Crippen LogP contribution in [0, 0.1) is 5.92 Å². The van der Waals surface area contributed by atoms with Crippen molar-refractivity contribution in [2.75, 3.05) is 32.7 Å². The molecule has 2 saturated heterocycles. The predicted octanol–water partition coefficient (Wildman–Crippen LogP) is 2.48. The molecular formula is C19H30ClN3O. The summed E-state index contributed by atoms with van der Waals surface area (Å²) in [5.41, 5.74) is 7.35. The van der Waals surface area contributed by atoms with Crippen molar-refractivity contribution < 1.29 is 4.79 Å². The molecule has 0 aliphatic carbocycles. The van der Waals surface area contributed by atoms with Gasteiger partial charge in [0.2, 0.25) is 5.91 Å². The molecule has 0 radical (unpaired) electrons. The molecule has 2 N–H and O–H groups in total. The first-order valence-electron chi connectivity index (χ1n) is 8.96. The molecule has 24 heavy (non-hydrogen) atoms. The summed E-state index contributed by atoms with van der Waals surface area (Å²) < 4.78 is 0. The maximum atomic E-state index is 12.7. The van der Waals surface area contributed by atoms with E-state index in [4.69, 9.17) is 5.73 Å². The van der Waals surface area contributed by atoms with Gasteiger partial charge in [0.05, 0.1) is 6.54 Å². The summed E-state index contributed by atoms with van der Waals surface area (Å²) in [6.45, 7) is 6.21. The summed E-state index contributed by atoms with van der Waals surface area (Å²) >= 11 is 0. The van der Waals surface area contributed by atoms with Crippen LogP contribution in [-0.2, 0) is 4.79 Å². The van der Waals surface area contributed by atoms with Crippen molar-refractivity contribution in [2.24, 2.45) is 11.7 Å². The second-order valence-corrected chi connectivity index (χ2v) is 7.14. The van der Waals surface area contributed by atoms with Gasteiger partial charge < -0.3 is 10.6 Å². The van der Waals surface area contributed by atoms with Crippen molar-refractivity contribution in [2.45, 2.75) is 38.1 Å². The summed E-state index contributed by atoms with van der Waals surface area (Å²) in [7, 11) is 0. The van der Waals surface area contributed by atoms with Crippen LogP contribution in [0.2, 0.25) is 0 Å². The summed E-state index contributed by atoms with van der Waals surface area (Å²) in [5, 5.41) is 0. The van der Waals surface area contributed by atoms with E-state index in [2.05, 4.69) is 47.1 Å². The maximum absolute atomic E-state index is 12.7. The minimum atomic E-state index is 0. The predicted molar refractivity (Wildman–Crippen MR) is 100 cm³/mol. The molecule has 0 bridgehead atoms. The Morgan fingerprint density at radius 1 is 1.21 bits per heavy atom. The molecule has 2 aliphatic heterocycles. The number of hydrogen-bond donors (Lipinski definition) is 1. The Hall–Kier alpha value is -1.10. The molecule has 5 heteroatoms. The lowest BCUT2D eigenvalue weighted by molar-refractivity contribution is -0.135. The second-order valence-electron chi connectivity index (χ2n) is 7.14. The Labute approximate surface area is 151 Å². The molecule has 2 heterocycles. The van der Waals surface area contributed by atoms with Crippen LogP contribution < -0.4 is 5.73 Å². The van der Waals surface area contributed by atoms with Gasteiger partial charge in [0.1, 0.15) is 0 Å². The van der Waals surface area contributed by atoms with E-state index < -0.39 is 0 Å². The Balaban J connectivity index is 0.00000208. The van der Waals surface area contributed by atoms with Crippen molar-refractivity contribution in [1.82, 2.24) is 9.80 Å². The van der Waals surface area contributed by atoms with E-state index in [1.807, 2.05) is 0 Å². The van der Waals surface area contributed by atoms with Crippen LogP contribution in [0.25, 0.3) is 0 Å². The van der Waals surface area contributed by atoms with Gasteiger partial charge in [0.25, 0.3) is 0 Å². The van der Waals surface area contributed by atoms with Crippen LogP contribution in [0.15, 0.2) is 30.3 Å². The first-order chi connectivity index (χ1) is 11.2. The lowest BCUT2D eigenvalue weighted by Gasteiger charge is -2.34. The molecule has 3 atom stereocenters. The quantitative estimate of drug-likeness (QED) is 0.906. The minimum absolute atomic E-state index is 0. The largest absolute Gasteiger partial charge is 0.339 e. The number of nitrogens with zero attached hydrogens (tertiary/aromatic N) is 2. The number of carbonyl (C=O) groups is 1. The van der Waals surface area contributed by atoms with Crippen LogP contribution >= 0.6 is 12.4 Å². The fourth-order valence-electron chi connectivity index (χ4n) is 4.16. The van der Waals surface area contributed by atoms with Gasteiger partial charge in [-0.3, -0.25) is 9.69 Å². The Kier molecular flexibility index (Phi) is 7.08. The second kappa shape index (κ2) is 8.84. The average molecular weight is 352 g/mol. The molecule has 1 aromatic carbocycles. The smallest absolute Gasteiger partial charge is 0.236 e. The third kappa shape index (κ3) is 4.29. The molecule has 1 unspecified atom stereocenters. The van der Waals surface area contributed by atoms with E-state index in [0.29, 0.717) is 36.9 Å². The summed E-state index contributed by atoms with van der Waals surface area (Å²) in [5.74, 6) is 1.19. The zero-order chi connectivity index (χ0) is 16.2. The van der Waals surface area contributed by atoms with Crippen LogP contribution in [-0.4, -0.2) is 54.5 Å². The summed E-state index contributed by atoms with van der Waals surface area (Å²) in [4.78, 5) is 17.0. The van der Waals surface area contributed by atoms with Crippen molar-refractivity contribution in [3.63, 3.8) is 0 Å². The molecule has 4 nitrogen and oxygen atoms in total. The van der Waals surface area contributed by atoms with E-state index in [9.17, 15) is 4.79 Å². The summed E-state index contributed by atoms with van der Waals surface area (Å²) in [6, 6.07) is 11.0. The van der Waals surface area contributed by atoms with Crippen LogP contribution in [0.3, 0.4) is 0 Å². The van der Waals surface area contributed by atoms with Gasteiger partial charge in [-0.25, -0.2) is 0 Å².